The fourth-order valence-electron chi connectivity index (χ4n) is 3.97. The zero-order chi connectivity index (χ0) is 24.5. The predicted octanol–water partition coefficient (Wildman–Crippen LogP) is 4.76. The lowest BCUT2D eigenvalue weighted by Crippen LogP contribution is -2.44. The molecule has 1 saturated heterocycles. The summed E-state index contributed by atoms with van der Waals surface area (Å²) in [5.74, 6) is -0.239. The molecule has 3 aromatic rings. The Balaban J connectivity index is 1.55. The second-order valence-electron chi connectivity index (χ2n) is 8.50. The summed E-state index contributed by atoms with van der Waals surface area (Å²) in [4.78, 5) is 16.3. The number of rotatable bonds is 11. The van der Waals surface area contributed by atoms with Crippen molar-refractivity contribution < 1.29 is 17.9 Å². The van der Waals surface area contributed by atoms with Crippen molar-refractivity contribution in [3.05, 3.63) is 99.6 Å². The molecule has 1 fully saturated rings. The van der Waals surface area contributed by atoms with Gasteiger partial charge in [0.15, 0.2) is 0 Å². The lowest BCUT2D eigenvalue weighted by molar-refractivity contribution is -0.132. The molecule has 0 saturated carbocycles. The first kappa shape index (κ1) is 25.3. The Morgan fingerprint density at radius 1 is 1.00 bits per heavy atom. The van der Waals surface area contributed by atoms with Crippen molar-refractivity contribution in [2.24, 2.45) is 0 Å². The van der Waals surface area contributed by atoms with Crippen LogP contribution in [0.25, 0.3) is 6.08 Å². The smallest absolute Gasteiger partial charge is 0.238 e. The number of amides is 1. The number of hydrogen-bond donors (Lipinski definition) is 0. The van der Waals surface area contributed by atoms with E-state index in [-0.39, 0.29) is 25.1 Å². The molecule has 1 unspecified atom stereocenters. The molecule has 4 rings (SSSR count). The molecule has 1 aliphatic heterocycles. The Hall–Kier alpha value is -2.78. The maximum atomic E-state index is 13.5. The van der Waals surface area contributed by atoms with E-state index in [0.717, 1.165) is 28.8 Å². The number of benzene rings is 2. The summed E-state index contributed by atoms with van der Waals surface area (Å²) in [5, 5.41) is 3.16. The van der Waals surface area contributed by atoms with Gasteiger partial charge in [-0.15, -0.1) is 11.3 Å². The van der Waals surface area contributed by atoms with Crippen LogP contribution >= 0.6 is 11.3 Å². The Morgan fingerprint density at radius 2 is 1.74 bits per heavy atom. The third kappa shape index (κ3) is 7.60. The third-order valence-electron chi connectivity index (χ3n) is 5.83. The minimum Gasteiger partial charge on any atom is -0.377 e. The minimum absolute atomic E-state index is 0.158. The van der Waals surface area contributed by atoms with Crippen LogP contribution in [0.1, 0.15) is 28.8 Å². The van der Waals surface area contributed by atoms with Gasteiger partial charge in [0.25, 0.3) is 0 Å². The Bertz CT molecular complexity index is 1190. The van der Waals surface area contributed by atoms with Crippen molar-refractivity contribution in [1.82, 2.24) is 9.21 Å². The lowest BCUT2D eigenvalue weighted by Gasteiger charge is -2.27. The molecule has 0 spiro atoms. The molecule has 184 valence electrons. The van der Waals surface area contributed by atoms with Crippen LogP contribution in [-0.2, 0) is 32.6 Å². The minimum atomic E-state index is -3.84. The largest absolute Gasteiger partial charge is 0.377 e. The van der Waals surface area contributed by atoms with Gasteiger partial charge in [-0.05, 0) is 41.5 Å². The van der Waals surface area contributed by atoms with Gasteiger partial charge in [-0.25, -0.2) is 8.42 Å². The number of ether oxygens (including phenoxy) is 1. The van der Waals surface area contributed by atoms with Gasteiger partial charge in [0.1, 0.15) is 0 Å². The summed E-state index contributed by atoms with van der Waals surface area (Å²) >= 11 is 1.58. The number of nitrogens with zero attached hydrogens (tertiary/aromatic N) is 2. The molecule has 1 amide bonds. The predicted molar refractivity (Wildman–Crippen MR) is 140 cm³/mol. The highest BCUT2D eigenvalue weighted by atomic mass is 32.2. The van der Waals surface area contributed by atoms with E-state index in [9.17, 15) is 13.2 Å². The van der Waals surface area contributed by atoms with E-state index in [4.69, 9.17) is 4.74 Å². The standard InChI is InChI=1S/C27H30N2O4S2/c30-27(28(21-26-14-8-17-34-26)19-24-11-5-2-6-12-24)22-29(20-25-13-7-16-33-25)35(31,32)18-15-23-9-3-1-4-10-23/h1-6,8-12,14-15,17-18,25H,7,13,16,19-22H2. The summed E-state index contributed by atoms with van der Waals surface area (Å²) in [7, 11) is -3.84. The van der Waals surface area contributed by atoms with Gasteiger partial charge in [-0.3, -0.25) is 4.79 Å². The Kier molecular flexibility index (Phi) is 8.87. The van der Waals surface area contributed by atoms with E-state index in [1.54, 1.807) is 22.3 Å². The quantitative estimate of drug-likeness (QED) is 0.373. The second kappa shape index (κ2) is 12.3. The topological polar surface area (TPSA) is 66.9 Å². The molecule has 1 aromatic heterocycles. The normalized spacial score (nSPS) is 16.2. The van der Waals surface area contributed by atoms with Crippen molar-refractivity contribution in [1.29, 1.82) is 0 Å². The first-order valence-electron chi connectivity index (χ1n) is 11.7. The molecule has 1 aliphatic rings. The van der Waals surface area contributed by atoms with Crippen LogP contribution in [0.4, 0.5) is 0 Å². The van der Waals surface area contributed by atoms with Crippen LogP contribution in [0, 0.1) is 0 Å². The summed E-state index contributed by atoms with van der Waals surface area (Å²) in [6.45, 7) is 1.38. The maximum absolute atomic E-state index is 13.5. The van der Waals surface area contributed by atoms with Gasteiger partial charge in [0.2, 0.25) is 15.9 Å². The van der Waals surface area contributed by atoms with Gasteiger partial charge in [-0.1, -0.05) is 66.7 Å². The second-order valence-corrected chi connectivity index (χ2v) is 11.4. The number of thiophene rings is 1. The Morgan fingerprint density at radius 3 is 2.40 bits per heavy atom. The van der Waals surface area contributed by atoms with Crippen LogP contribution < -0.4 is 0 Å². The first-order valence-corrected chi connectivity index (χ1v) is 14.1. The highest BCUT2D eigenvalue weighted by Crippen LogP contribution is 2.19. The van der Waals surface area contributed by atoms with E-state index in [2.05, 4.69) is 0 Å². The maximum Gasteiger partial charge on any atom is 0.238 e. The molecule has 6 nitrogen and oxygen atoms in total. The SMILES string of the molecule is O=C(CN(CC1CCCO1)S(=O)(=O)C=Cc1ccccc1)N(Cc1ccccc1)Cc1cccs1. The molecule has 0 radical (unpaired) electrons. The van der Waals surface area contributed by atoms with Gasteiger partial charge >= 0.3 is 0 Å². The molecule has 35 heavy (non-hydrogen) atoms. The zero-order valence-electron chi connectivity index (χ0n) is 19.5. The first-order chi connectivity index (χ1) is 17.0. The van der Waals surface area contributed by atoms with E-state index in [1.807, 2.05) is 78.2 Å². The van der Waals surface area contributed by atoms with E-state index in [0.29, 0.717) is 19.7 Å². The molecule has 2 heterocycles. The number of carbonyl (C=O) groups is 1. The molecule has 2 aromatic carbocycles. The summed E-state index contributed by atoms with van der Waals surface area (Å²) < 4.78 is 33.7. The van der Waals surface area contributed by atoms with E-state index in [1.165, 1.54) is 9.71 Å². The average Bonchev–Trinajstić information content (AvgIpc) is 3.58. The molecular weight excluding hydrogens is 480 g/mol. The van der Waals surface area contributed by atoms with E-state index < -0.39 is 10.0 Å². The van der Waals surface area contributed by atoms with Gasteiger partial charge in [-0.2, -0.15) is 4.31 Å². The highest BCUT2D eigenvalue weighted by molar-refractivity contribution is 7.92. The van der Waals surface area contributed by atoms with Gasteiger partial charge < -0.3 is 9.64 Å². The van der Waals surface area contributed by atoms with Crippen LogP contribution in [0.5, 0.6) is 0 Å². The van der Waals surface area contributed by atoms with Gasteiger partial charge in [0, 0.05) is 30.0 Å². The third-order valence-corrected chi connectivity index (χ3v) is 8.17. The summed E-state index contributed by atoms with van der Waals surface area (Å²) in [5.41, 5.74) is 1.78. The molecule has 1 atom stereocenters. The summed E-state index contributed by atoms with van der Waals surface area (Å²) in [6.07, 6.45) is 3.04. The van der Waals surface area contributed by atoms with Crippen LogP contribution in [0.2, 0.25) is 0 Å². The zero-order valence-corrected chi connectivity index (χ0v) is 21.2. The summed E-state index contributed by atoms with van der Waals surface area (Å²) in [6, 6.07) is 22.9. The molecule has 0 N–H and O–H groups in total. The number of carbonyl (C=O) groups excluding carboxylic acids is 1. The molecule has 0 aliphatic carbocycles. The van der Waals surface area contributed by atoms with Crippen molar-refractivity contribution in [3.63, 3.8) is 0 Å². The van der Waals surface area contributed by atoms with E-state index >= 15 is 0 Å². The number of hydrogen-bond acceptors (Lipinski definition) is 5. The molecule has 0 bridgehead atoms. The average molecular weight is 511 g/mol. The van der Waals surface area contributed by atoms with Crippen molar-refractivity contribution in [2.75, 3.05) is 19.7 Å². The lowest BCUT2D eigenvalue weighted by atomic mass is 10.2. The fourth-order valence-corrected chi connectivity index (χ4v) is 5.85. The molecule has 8 heteroatoms. The van der Waals surface area contributed by atoms with Crippen LogP contribution in [0.3, 0.4) is 0 Å². The highest BCUT2D eigenvalue weighted by Gasteiger charge is 2.29. The van der Waals surface area contributed by atoms with Crippen LogP contribution in [-0.4, -0.2) is 49.3 Å². The number of sulfonamides is 1. The van der Waals surface area contributed by atoms with Crippen molar-refractivity contribution in [2.45, 2.75) is 32.0 Å². The van der Waals surface area contributed by atoms with Crippen molar-refractivity contribution in [3.8, 4) is 0 Å². The van der Waals surface area contributed by atoms with Crippen molar-refractivity contribution >= 4 is 33.3 Å². The fraction of sp³-hybridized carbons (Fsp3) is 0.296. The van der Waals surface area contributed by atoms with Crippen LogP contribution in [0.15, 0.2) is 83.6 Å². The monoisotopic (exact) mass is 510 g/mol. The van der Waals surface area contributed by atoms with Gasteiger partial charge in [0.05, 0.1) is 19.2 Å². The Labute approximate surface area is 211 Å². The molecular formula is C27H30N2O4S2.